The highest BCUT2D eigenvalue weighted by atomic mass is 16.5. The lowest BCUT2D eigenvalue weighted by molar-refractivity contribution is -0.139. The molecule has 1 heterocycles. The van der Waals surface area contributed by atoms with Gasteiger partial charge in [0.25, 0.3) is 5.91 Å². The highest BCUT2D eigenvalue weighted by molar-refractivity contribution is 5.83. The second kappa shape index (κ2) is 7.46. The van der Waals surface area contributed by atoms with Gasteiger partial charge in [-0.15, -0.1) is 0 Å². The molecule has 1 amide bonds. The van der Waals surface area contributed by atoms with Gasteiger partial charge in [-0.1, -0.05) is 25.1 Å². The van der Waals surface area contributed by atoms with Crippen LogP contribution >= 0.6 is 0 Å². The molecule has 1 fully saturated rings. The van der Waals surface area contributed by atoms with Crippen LogP contribution in [-0.4, -0.2) is 41.8 Å². The van der Waals surface area contributed by atoms with Crippen molar-refractivity contribution >= 4 is 11.9 Å². The van der Waals surface area contributed by atoms with E-state index >= 15 is 0 Å². The second-order valence-corrected chi connectivity index (χ2v) is 5.92. The maximum atomic E-state index is 12.5. The van der Waals surface area contributed by atoms with Crippen LogP contribution in [0.5, 0.6) is 5.75 Å². The summed E-state index contributed by atoms with van der Waals surface area (Å²) in [6.07, 6.45) is 0.164. The molecule has 1 aromatic rings. The van der Waals surface area contributed by atoms with Gasteiger partial charge in [0.15, 0.2) is 6.10 Å². The average molecular weight is 321 g/mol. The van der Waals surface area contributed by atoms with Crippen molar-refractivity contribution < 1.29 is 24.2 Å². The van der Waals surface area contributed by atoms with Gasteiger partial charge in [-0.2, -0.15) is 0 Å². The Morgan fingerprint density at radius 2 is 2.17 bits per heavy atom. The van der Waals surface area contributed by atoms with Crippen molar-refractivity contribution in [2.24, 2.45) is 0 Å². The van der Waals surface area contributed by atoms with E-state index in [0.29, 0.717) is 25.2 Å². The minimum Gasteiger partial charge on any atom is -0.481 e. The molecule has 0 spiro atoms. The van der Waals surface area contributed by atoms with E-state index in [1.165, 1.54) is 0 Å². The van der Waals surface area contributed by atoms with E-state index in [-0.39, 0.29) is 18.9 Å². The van der Waals surface area contributed by atoms with E-state index in [2.05, 4.69) is 5.32 Å². The number of benzene rings is 1. The first-order chi connectivity index (χ1) is 11.0. The number of hydrogen-bond acceptors (Lipinski definition) is 4. The Morgan fingerprint density at radius 1 is 1.43 bits per heavy atom. The molecule has 0 aromatic heterocycles. The third kappa shape index (κ3) is 4.45. The third-order valence-electron chi connectivity index (χ3n) is 4.01. The Hall–Kier alpha value is -2.08. The molecule has 23 heavy (non-hydrogen) atoms. The summed E-state index contributed by atoms with van der Waals surface area (Å²) < 4.78 is 11.1. The fourth-order valence-corrected chi connectivity index (χ4v) is 2.68. The Morgan fingerprint density at radius 3 is 2.74 bits per heavy atom. The monoisotopic (exact) mass is 321 g/mol. The van der Waals surface area contributed by atoms with E-state index in [1.54, 1.807) is 0 Å². The number of carboxylic acid groups (broad SMARTS) is 1. The van der Waals surface area contributed by atoms with E-state index in [1.807, 2.05) is 38.1 Å². The second-order valence-electron chi connectivity index (χ2n) is 5.92. The van der Waals surface area contributed by atoms with Gasteiger partial charge in [0.1, 0.15) is 5.75 Å². The van der Waals surface area contributed by atoms with Crippen LogP contribution in [0.3, 0.4) is 0 Å². The molecule has 6 nitrogen and oxygen atoms in total. The van der Waals surface area contributed by atoms with Gasteiger partial charge in [-0.05, 0) is 31.4 Å². The van der Waals surface area contributed by atoms with Gasteiger partial charge < -0.3 is 19.9 Å². The number of ether oxygens (including phenoxy) is 2. The van der Waals surface area contributed by atoms with Gasteiger partial charge in [0.05, 0.1) is 18.6 Å². The largest absolute Gasteiger partial charge is 0.481 e. The van der Waals surface area contributed by atoms with E-state index < -0.39 is 17.6 Å². The van der Waals surface area contributed by atoms with Crippen LogP contribution in [0.25, 0.3) is 0 Å². The number of amides is 1. The number of para-hydroxylation sites is 1. The average Bonchev–Trinajstić information content (AvgIpc) is 2.93. The molecule has 1 aliphatic rings. The zero-order valence-corrected chi connectivity index (χ0v) is 13.5. The quantitative estimate of drug-likeness (QED) is 0.801. The number of carboxylic acids is 1. The van der Waals surface area contributed by atoms with Crippen LogP contribution < -0.4 is 10.1 Å². The molecule has 0 bridgehead atoms. The molecule has 6 heteroatoms. The zero-order chi connectivity index (χ0) is 16.9. The molecule has 2 N–H and O–H groups in total. The molecule has 1 saturated heterocycles. The topological polar surface area (TPSA) is 84.9 Å². The number of aliphatic carboxylic acids is 1. The van der Waals surface area contributed by atoms with Crippen molar-refractivity contribution in [2.75, 3.05) is 13.2 Å². The van der Waals surface area contributed by atoms with Crippen LogP contribution in [0.4, 0.5) is 0 Å². The Bertz CT molecular complexity index is 566. The van der Waals surface area contributed by atoms with Crippen LogP contribution in [0.1, 0.15) is 31.7 Å². The zero-order valence-electron chi connectivity index (χ0n) is 13.5. The molecular weight excluding hydrogens is 298 g/mol. The number of hydrogen-bond donors (Lipinski definition) is 2. The molecule has 0 radical (unpaired) electrons. The summed E-state index contributed by atoms with van der Waals surface area (Å²) in [4.78, 5) is 23.6. The van der Waals surface area contributed by atoms with E-state index in [9.17, 15) is 9.59 Å². The van der Waals surface area contributed by atoms with Crippen molar-refractivity contribution in [3.05, 3.63) is 29.8 Å². The predicted molar refractivity (Wildman–Crippen MR) is 84.4 cm³/mol. The number of carbonyl (C=O) groups excluding carboxylic acids is 1. The number of aryl methyl sites for hydroxylation is 1. The lowest BCUT2D eigenvalue weighted by Gasteiger charge is -2.29. The molecule has 2 unspecified atom stereocenters. The molecule has 2 rings (SSSR count). The Balaban J connectivity index is 2.07. The van der Waals surface area contributed by atoms with Crippen LogP contribution in [0, 0.1) is 6.92 Å². The standard InChI is InChI=1S/C17H23NO5/c1-3-13(23-14-7-5-4-6-12(14)2)16(21)18-17(10-15(19)20)8-9-22-11-17/h4-7,13H,3,8-11H2,1-2H3,(H,18,21)(H,19,20). The van der Waals surface area contributed by atoms with Crippen molar-refractivity contribution in [1.29, 1.82) is 0 Å². The third-order valence-corrected chi connectivity index (χ3v) is 4.01. The lowest BCUT2D eigenvalue weighted by atomic mass is 9.94. The first kappa shape index (κ1) is 17.3. The van der Waals surface area contributed by atoms with Gasteiger partial charge in [-0.3, -0.25) is 9.59 Å². The maximum Gasteiger partial charge on any atom is 0.305 e. The highest BCUT2D eigenvalue weighted by Crippen LogP contribution is 2.24. The summed E-state index contributed by atoms with van der Waals surface area (Å²) in [6, 6.07) is 7.48. The minimum atomic E-state index is -0.955. The molecule has 2 atom stereocenters. The summed E-state index contributed by atoms with van der Waals surface area (Å²) in [5.41, 5.74) is 0.106. The van der Waals surface area contributed by atoms with Crippen molar-refractivity contribution in [3.8, 4) is 5.75 Å². The summed E-state index contributed by atoms with van der Waals surface area (Å²) in [5, 5.41) is 11.9. The van der Waals surface area contributed by atoms with Crippen LogP contribution in [-0.2, 0) is 14.3 Å². The van der Waals surface area contributed by atoms with Gasteiger partial charge in [0, 0.05) is 6.61 Å². The van der Waals surface area contributed by atoms with Gasteiger partial charge in [-0.25, -0.2) is 0 Å². The van der Waals surface area contributed by atoms with E-state index in [4.69, 9.17) is 14.6 Å². The predicted octanol–water partition coefficient (Wildman–Crippen LogP) is 1.90. The van der Waals surface area contributed by atoms with Gasteiger partial charge >= 0.3 is 5.97 Å². The van der Waals surface area contributed by atoms with Crippen molar-refractivity contribution in [1.82, 2.24) is 5.32 Å². The molecule has 1 aromatic carbocycles. The smallest absolute Gasteiger partial charge is 0.305 e. The summed E-state index contributed by atoms with van der Waals surface area (Å²) in [7, 11) is 0. The van der Waals surface area contributed by atoms with Crippen LogP contribution in [0.15, 0.2) is 24.3 Å². The number of nitrogens with one attached hydrogen (secondary N) is 1. The van der Waals surface area contributed by atoms with Gasteiger partial charge in [0.2, 0.25) is 0 Å². The Kier molecular flexibility index (Phi) is 5.60. The number of rotatable bonds is 7. The lowest BCUT2D eigenvalue weighted by Crippen LogP contribution is -2.54. The maximum absolute atomic E-state index is 12.5. The minimum absolute atomic E-state index is 0.153. The number of carbonyl (C=O) groups is 2. The normalized spacial score (nSPS) is 21.7. The highest BCUT2D eigenvalue weighted by Gasteiger charge is 2.40. The fraction of sp³-hybridized carbons (Fsp3) is 0.529. The van der Waals surface area contributed by atoms with E-state index in [0.717, 1.165) is 5.56 Å². The molecule has 1 aliphatic heterocycles. The first-order valence-electron chi connectivity index (χ1n) is 7.79. The van der Waals surface area contributed by atoms with Crippen LogP contribution in [0.2, 0.25) is 0 Å². The fourth-order valence-electron chi connectivity index (χ4n) is 2.68. The summed E-state index contributed by atoms with van der Waals surface area (Å²) >= 11 is 0. The Labute approximate surface area is 135 Å². The summed E-state index contributed by atoms with van der Waals surface area (Å²) in [6.45, 7) is 4.43. The molecule has 126 valence electrons. The SMILES string of the molecule is CCC(Oc1ccccc1C)C(=O)NC1(CC(=O)O)CCOC1. The first-order valence-corrected chi connectivity index (χ1v) is 7.79. The van der Waals surface area contributed by atoms with Crippen molar-refractivity contribution in [2.45, 2.75) is 44.8 Å². The molecule has 0 aliphatic carbocycles. The molecule has 0 saturated carbocycles. The summed E-state index contributed by atoms with van der Waals surface area (Å²) in [5.74, 6) is -0.601. The van der Waals surface area contributed by atoms with Crippen molar-refractivity contribution in [3.63, 3.8) is 0 Å². The molecular formula is C17H23NO5.